The molecule has 7 heteroatoms. The first-order chi connectivity index (χ1) is 11.0. The van der Waals surface area contributed by atoms with Crippen LogP contribution < -0.4 is 10.1 Å². The third-order valence-corrected chi connectivity index (χ3v) is 3.01. The molecule has 0 saturated carbocycles. The van der Waals surface area contributed by atoms with E-state index in [1.54, 1.807) is 31.2 Å². The number of benzene rings is 2. The van der Waals surface area contributed by atoms with Gasteiger partial charge in [-0.1, -0.05) is 0 Å². The van der Waals surface area contributed by atoms with E-state index in [1.807, 2.05) is 6.07 Å². The number of nitro benzene ring substituents is 1. The molecule has 116 valence electrons. The van der Waals surface area contributed by atoms with Crippen LogP contribution in [0, 0.1) is 21.4 Å². The molecule has 1 atom stereocenters. The third kappa shape index (κ3) is 4.28. The Morgan fingerprint density at radius 1 is 1.22 bits per heavy atom. The Labute approximate surface area is 132 Å². The van der Waals surface area contributed by atoms with Gasteiger partial charge in [-0.2, -0.15) is 5.26 Å². The van der Waals surface area contributed by atoms with E-state index in [4.69, 9.17) is 10.00 Å². The zero-order valence-electron chi connectivity index (χ0n) is 12.2. The lowest BCUT2D eigenvalue weighted by molar-refractivity contribution is -0.384. The summed E-state index contributed by atoms with van der Waals surface area (Å²) in [5.41, 5.74) is 0.998. The number of anilines is 1. The van der Waals surface area contributed by atoms with E-state index in [9.17, 15) is 14.9 Å². The predicted molar refractivity (Wildman–Crippen MR) is 83.0 cm³/mol. The lowest BCUT2D eigenvalue weighted by Crippen LogP contribution is -2.30. The van der Waals surface area contributed by atoms with Crippen LogP contribution in [0.25, 0.3) is 0 Å². The highest BCUT2D eigenvalue weighted by Gasteiger charge is 2.15. The number of hydrogen-bond donors (Lipinski definition) is 1. The van der Waals surface area contributed by atoms with E-state index in [1.165, 1.54) is 24.3 Å². The first-order valence-electron chi connectivity index (χ1n) is 6.72. The predicted octanol–water partition coefficient (Wildman–Crippen LogP) is 2.87. The standard InChI is InChI=1S/C16H13N3O4/c1-11(23-15-8-6-14(7-9-15)19(21)22)16(20)18-13-4-2-12(10-17)3-5-13/h2-9,11H,1H3,(H,18,20). The fourth-order valence-electron chi connectivity index (χ4n) is 1.78. The van der Waals surface area contributed by atoms with Gasteiger partial charge in [-0.15, -0.1) is 0 Å². The number of nitriles is 1. The van der Waals surface area contributed by atoms with Gasteiger partial charge < -0.3 is 10.1 Å². The van der Waals surface area contributed by atoms with Gasteiger partial charge in [0.1, 0.15) is 5.75 Å². The number of nitrogens with zero attached hydrogens (tertiary/aromatic N) is 2. The smallest absolute Gasteiger partial charge is 0.269 e. The van der Waals surface area contributed by atoms with Crippen molar-refractivity contribution in [2.24, 2.45) is 0 Å². The van der Waals surface area contributed by atoms with Gasteiger partial charge in [-0.25, -0.2) is 0 Å². The Kier molecular flexibility index (Phi) is 4.89. The number of carbonyl (C=O) groups excluding carboxylic acids is 1. The van der Waals surface area contributed by atoms with Gasteiger partial charge in [-0.3, -0.25) is 14.9 Å². The maximum absolute atomic E-state index is 12.0. The molecule has 7 nitrogen and oxygen atoms in total. The number of carbonyl (C=O) groups is 1. The van der Waals surface area contributed by atoms with Crippen molar-refractivity contribution in [3.8, 4) is 11.8 Å². The fourth-order valence-corrected chi connectivity index (χ4v) is 1.78. The average Bonchev–Trinajstić information content (AvgIpc) is 2.56. The van der Waals surface area contributed by atoms with Crippen molar-refractivity contribution in [2.75, 3.05) is 5.32 Å². The summed E-state index contributed by atoms with van der Waals surface area (Å²) in [6.45, 7) is 1.57. The average molecular weight is 311 g/mol. The Morgan fingerprint density at radius 2 is 1.83 bits per heavy atom. The molecule has 2 aromatic rings. The Balaban J connectivity index is 1.96. The molecule has 0 saturated heterocycles. The van der Waals surface area contributed by atoms with Crippen molar-refractivity contribution >= 4 is 17.3 Å². The second-order valence-electron chi connectivity index (χ2n) is 4.69. The third-order valence-electron chi connectivity index (χ3n) is 3.01. The second kappa shape index (κ2) is 7.04. The molecule has 0 radical (unpaired) electrons. The van der Waals surface area contributed by atoms with Gasteiger partial charge in [0.15, 0.2) is 6.10 Å². The summed E-state index contributed by atoms with van der Waals surface area (Å²) in [5, 5.41) is 22.0. The molecule has 1 N–H and O–H groups in total. The van der Waals surface area contributed by atoms with Crippen LogP contribution in [0.2, 0.25) is 0 Å². The van der Waals surface area contributed by atoms with E-state index < -0.39 is 11.0 Å². The Hall–Kier alpha value is -3.40. The number of amides is 1. The molecule has 2 aromatic carbocycles. The summed E-state index contributed by atoms with van der Waals surface area (Å²) in [7, 11) is 0. The van der Waals surface area contributed by atoms with Crippen LogP contribution in [0.4, 0.5) is 11.4 Å². The molecule has 2 rings (SSSR count). The van der Waals surface area contributed by atoms with Crippen LogP contribution in [-0.4, -0.2) is 16.9 Å². The highest BCUT2D eigenvalue weighted by Crippen LogP contribution is 2.19. The molecule has 23 heavy (non-hydrogen) atoms. The zero-order chi connectivity index (χ0) is 16.8. The van der Waals surface area contributed by atoms with E-state index in [-0.39, 0.29) is 11.6 Å². The molecule has 0 bridgehead atoms. The lowest BCUT2D eigenvalue weighted by Gasteiger charge is -2.14. The van der Waals surface area contributed by atoms with Crippen molar-refractivity contribution in [3.05, 3.63) is 64.2 Å². The summed E-state index contributed by atoms with van der Waals surface area (Å²) < 4.78 is 5.44. The quantitative estimate of drug-likeness (QED) is 0.675. The first kappa shape index (κ1) is 16.0. The van der Waals surface area contributed by atoms with Crippen molar-refractivity contribution < 1.29 is 14.5 Å². The molecule has 0 fully saturated rings. The van der Waals surface area contributed by atoms with Gasteiger partial charge in [-0.05, 0) is 43.3 Å². The van der Waals surface area contributed by atoms with Gasteiger partial charge in [0.25, 0.3) is 11.6 Å². The SMILES string of the molecule is CC(Oc1ccc([N+](=O)[O-])cc1)C(=O)Nc1ccc(C#N)cc1. The maximum atomic E-state index is 12.0. The highest BCUT2D eigenvalue weighted by molar-refractivity contribution is 5.94. The number of nitro groups is 1. The van der Waals surface area contributed by atoms with Crippen LogP contribution in [0.5, 0.6) is 5.75 Å². The summed E-state index contributed by atoms with van der Waals surface area (Å²) >= 11 is 0. The minimum atomic E-state index is -0.785. The maximum Gasteiger partial charge on any atom is 0.269 e. The van der Waals surface area contributed by atoms with E-state index in [2.05, 4.69) is 5.32 Å². The summed E-state index contributed by atoms with van der Waals surface area (Å²) in [6.07, 6.45) is -0.785. The Morgan fingerprint density at radius 3 is 2.35 bits per heavy atom. The molecular formula is C16H13N3O4. The molecule has 1 unspecified atom stereocenters. The summed E-state index contributed by atoms with van der Waals surface area (Å²) in [4.78, 5) is 22.1. The number of rotatable bonds is 5. The molecule has 0 aliphatic heterocycles. The van der Waals surface area contributed by atoms with Crippen LogP contribution in [0.15, 0.2) is 48.5 Å². The van der Waals surface area contributed by atoms with Crippen molar-refractivity contribution in [1.82, 2.24) is 0 Å². The molecule has 0 heterocycles. The highest BCUT2D eigenvalue weighted by atomic mass is 16.6. The molecule has 0 spiro atoms. The molecule has 1 amide bonds. The van der Waals surface area contributed by atoms with Crippen LogP contribution in [-0.2, 0) is 4.79 Å². The molecule has 0 aliphatic carbocycles. The minimum absolute atomic E-state index is 0.0490. The van der Waals surface area contributed by atoms with Crippen molar-refractivity contribution in [3.63, 3.8) is 0 Å². The minimum Gasteiger partial charge on any atom is -0.481 e. The zero-order valence-corrected chi connectivity index (χ0v) is 12.2. The van der Waals surface area contributed by atoms with Gasteiger partial charge in [0.05, 0.1) is 16.6 Å². The molecule has 0 aliphatic rings. The van der Waals surface area contributed by atoms with Crippen molar-refractivity contribution in [2.45, 2.75) is 13.0 Å². The summed E-state index contributed by atoms with van der Waals surface area (Å²) in [6, 6.07) is 13.9. The fraction of sp³-hybridized carbons (Fsp3) is 0.125. The number of non-ortho nitro benzene ring substituents is 1. The van der Waals surface area contributed by atoms with E-state index in [0.717, 1.165) is 0 Å². The van der Waals surface area contributed by atoms with E-state index in [0.29, 0.717) is 17.0 Å². The Bertz CT molecular complexity index is 748. The largest absolute Gasteiger partial charge is 0.481 e. The summed E-state index contributed by atoms with van der Waals surface area (Å²) in [5.74, 6) is -0.00820. The van der Waals surface area contributed by atoms with Crippen LogP contribution in [0.1, 0.15) is 12.5 Å². The van der Waals surface area contributed by atoms with Crippen LogP contribution >= 0.6 is 0 Å². The van der Waals surface area contributed by atoms with E-state index >= 15 is 0 Å². The monoisotopic (exact) mass is 311 g/mol. The van der Waals surface area contributed by atoms with Gasteiger partial charge in [0, 0.05) is 17.8 Å². The second-order valence-corrected chi connectivity index (χ2v) is 4.69. The lowest BCUT2D eigenvalue weighted by atomic mass is 10.2. The topological polar surface area (TPSA) is 105 Å². The van der Waals surface area contributed by atoms with Gasteiger partial charge in [0.2, 0.25) is 0 Å². The van der Waals surface area contributed by atoms with Gasteiger partial charge >= 0.3 is 0 Å². The first-order valence-corrected chi connectivity index (χ1v) is 6.72. The van der Waals surface area contributed by atoms with Crippen LogP contribution in [0.3, 0.4) is 0 Å². The molecular weight excluding hydrogens is 298 g/mol. The number of hydrogen-bond acceptors (Lipinski definition) is 5. The number of ether oxygens (including phenoxy) is 1. The normalized spacial score (nSPS) is 11.1. The van der Waals surface area contributed by atoms with Crippen molar-refractivity contribution in [1.29, 1.82) is 5.26 Å². The molecule has 0 aromatic heterocycles. The number of nitrogens with one attached hydrogen (secondary N) is 1.